The number of Topliss-reactive ketones (excluding diaryl/α,β-unsaturated/α-hetero) is 1. The van der Waals surface area contributed by atoms with E-state index in [1.54, 1.807) is 0 Å². The van der Waals surface area contributed by atoms with E-state index in [0.29, 0.717) is 11.4 Å². The van der Waals surface area contributed by atoms with Gasteiger partial charge in [0.2, 0.25) is 5.91 Å². The highest BCUT2D eigenvalue weighted by Gasteiger charge is 2.34. The lowest BCUT2D eigenvalue weighted by atomic mass is 9.85. The maximum atomic E-state index is 12.7. The van der Waals surface area contributed by atoms with Crippen LogP contribution in [0.3, 0.4) is 0 Å². The van der Waals surface area contributed by atoms with Gasteiger partial charge in [0.25, 0.3) is 0 Å². The molecule has 1 aliphatic heterocycles. The molecule has 2 aromatic rings. The van der Waals surface area contributed by atoms with Crippen molar-refractivity contribution >= 4 is 17.5 Å². The van der Waals surface area contributed by atoms with E-state index < -0.39 is 5.92 Å². The Morgan fingerprint density at radius 2 is 2.05 bits per heavy atom. The van der Waals surface area contributed by atoms with Crippen molar-refractivity contribution in [3.05, 3.63) is 46.6 Å². The number of carbonyl (C=O) groups is 2. The van der Waals surface area contributed by atoms with E-state index in [0.717, 1.165) is 17.7 Å². The smallest absolute Gasteiger partial charge is 0.226 e. The van der Waals surface area contributed by atoms with Crippen molar-refractivity contribution in [2.75, 3.05) is 5.32 Å². The second-order valence-corrected chi connectivity index (χ2v) is 5.33. The van der Waals surface area contributed by atoms with Gasteiger partial charge >= 0.3 is 0 Å². The van der Waals surface area contributed by atoms with Crippen molar-refractivity contribution in [2.45, 2.75) is 32.6 Å². The van der Waals surface area contributed by atoms with E-state index in [9.17, 15) is 9.59 Å². The molecule has 108 valence electrons. The number of benzene rings is 1. The van der Waals surface area contributed by atoms with Crippen molar-refractivity contribution in [1.82, 2.24) is 10.2 Å². The van der Waals surface area contributed by atoms with Crippen LogP contribution in [0.1, 0.15) is 46.4 Å². The summed E-state index contributed by atoms with van der Waals surface area (Å²) in [6, 6.07) is 7.59. The van der Waals surface area contributed by atoms with Gasteiger partial charge in [-0.25, -0.2) is 0 Å². The van der Waals surface area contributed by atoms with Gasteiger partial charge in [0.05, 0.1) is 5.92 Å². The minimum absolute atomic E-state index is 0.0294. The summed E-state index contributed by atoms with van der Waals surface area (Å²) in [5.74, 6) is -0.178. The topological polar surface area (TPSA) is 74.8 Å². The van der Waals surface area contributed by atoms with Crippen molar-refractivity contribution in [3.63, 3.8) is 0 Å². The number of rotatable bonds is 3. The van der Waals surface area contributed by atoms with Gasteiger partial charge in [0, 0.05) is 23.2 Å². The Hall–Kier alpha value is -2.43. The van der Waals surface area contributed by atoms with Gasteiger partial charge in [-0.05, 0) is 18.9 Å². The predicted molar refractivity (Wildman–Crippen MR) is 79.5 cm³/mol. The Labute approximate surface area is 122 Å². The van der Waals surface area contributed by atoms with Gasteiger partial charge in [-0.2, -0.15) is 5.10 Å². The molecule has 1 aliphatic rings. The number of hydrogen-bond donors (Lipinski definition) is 2. The van der Waals surface area contributed by atoms with E-state index in [1.807, 2.05) is 31.2 Å². The zero-order chi connectivity index (χ0) is 15.0. The Kier molecular flexibility index (Phi) is 3.33. The number of carbonyl (C=O) groups excluding carboxylic acids is 2. The second kappa shape index (κ2) is 5.16. The largest absolute Gasteiger partial charge is 0.309 e. The molecule has 0 fully saturated rings. The number of nitrogens with one attached hydrogen (secondary N) is 2. The fourth-order valence-electron chi connectivity index (χ4n) is 2.76. The van der Waals surface area contributed by atoms with Crippen LogP contribution in [-0.4, -0.2) is 21.9 Å². The lowest BCUT2D eigenvalue weighted by Crippen LogP contribution is -2.27. The number of aromatic amines is 1. The van der Waals surface area contributed by atoms with E-state index in [1.165, 1.54) is 5.56 Å². The molecule has 0 saturated heterocycles. The fourth-order valence-corrected chi connectivity index (χ4v) is 2.76. The number of H-pyrrole nitrogens is 1. The zero-order valence-corrected chi connectivity index (χ0v) is 12.1. The molecule has 3 rings (SSSR count). The molecule has 0 radical (unpaired) electrons. The van der Waals surface area contributed by atoms with E-state index in [2.05, 4.69) is 22.4 Å². The molecule has 1 aromatic carbocycles. The molecule has 0 aliphatic carbocycles. The Morgan fingerprint density at radius 3 is 2.71 bits per heavy atom. The highest BCUT2D eigenvalue weighted by atomic mass is 16.2. The average Bonchev–Trinajstić information content (AvgIpc) is 2.87. The quantitative estimate of drug-likeness (QED) is 0.850. The summed E-state index contributed by atoms with van der Waals surface area (Å²) in [5.41, 5.74) is 3.46. The number of hydrogen-bond acceptors (Lipinski definition) is 3. The molecule has 2 heterocycles. The molecular weight excluding hydrogens is 266 g/mol. The number of amides is 1. The maximum absolute atomic E-state index is 12.7. The first-order valence-electron chi connectivity index (χ1n) is 7.08. The van der Waals surface area contributed by atoms with Crippen LogP contribution in [0, 0.1) is 6.92 Å². The van der Waals surface area contributed by atoms with Crippen molar-refractivity contribution in [1.29, 1.82) is 0 Å². The lowest BCUT2D eigenvalue weighted by Gasteiger charge is -2.21. The average molecular weight is 283 g/mol. The normalized spacial score (nSPS) is 17.2. The summed E-state index contributed by atoms with van der Waals surface area (Å²) in [5, 5.41) is 9.59. The van der Waals surface area contributed by atoms with Crippen LogP contribution in [0.25, 0.3) is 0 Å². The molecule has 1 aromatic heterocycles. The first-order valence-corrected chi connectivity index (χ1v) is 7.08. The van der Waals surface area contributed by atoms with Crippen molar-refractivity contribution in [2.24, 2.45) is 0 Å². The molecule has 1 amide bonds. The molecule has 0 saturated carbocycles. The fraction of sp³-hybridized carbons (Fsp3) is 0.312. The van der Waals surface area contributed by atoms with Gasteiger partial charge in [0.15, 0.2) is 11.6 Å². The number of nitrogens with zero attached hydrogens (tertiary/aromatic N) is 1. The predicted octanol–water partition coefficient (Wildman–Crippen LogP) is 2.59. The Bertz CT molecular complexity index is 701. The molecule has 0 spiro atoms. The first-order chi connectivity index (χ1) is 10.1. The summed E-state index contributed by atoms with van der Waals surface area (Å²) in [4.78, 5) is 24.5. The van der Waals surface area contributed by atoms with Crippen LogP contribution in [0.5, 0.6) is 0 Å². The molecule has 2 N–H and O–H groups in total. The Morgan fingerprint density at radius 1 is 1.33 bits per heavy atom. The van der Waals surface area contributed by atoms with Crippen LogP contribution in [0.4, 0.5) is 5.82 Å². The zero-order valence-electron chi connectivity index (χ0n) is 12.1. The monoisotopic (exact) mass is 283 g/mol. The van der Waals surface area contributed by atoms with Crippen LogP contribution < -0.4 is 5.32 Å². The summed E-state index contributed by atoms with van der Waals surface area (Å²) in [6.45, 7) is 3.94. The standard InChI is InChI=1S/C16H17N3O2/c1-3-10-4-6-11(7-5-10)15(21)12-8-13(20)17-16-14(12)9(2)18-19-16/h4-7,12H,3,8H2,1-2H3,(H2,17,18,19,20). The van der Waals surface area contributed by atoms with Crippen LogP contribution in [0.15, 0.2) is 24.3 Å². The lowest BCUT2D eigenvalue weighted by molar-refractivity contribution is -0.116. The molecular formula is C16H17N3O2. The summed E-state index contributed by atoms with van der Waals surface area (Å²) in [6.07, 6.45) is 1.10. The molecule has 5 nitrogen and oxygen atoms in total. The number of aryl methyl sites for hydroxylation is 2. The third kappa shape index (κ3) is 2.35. The number of ketones is 1. The number of anilines is 1. The van der Waals surface area contributed by atoms with Gasteiger partial charge in [0.1, 0.15) is 0 Å². The molecule has 21 heavy (non-hydrogen) atoms. The summed E-state index contributed by atoms with van der Waals surface area (Å²) in [7, 11) is 0. The third-order valence-corrected chi connectivity index (χ3v) is 3.95. The van der Waals surface area contributed by atoms with Gasteiger partial charge in [-0.1, -0.05) is 31.2 Å². The number of fused-ring (bicyclic) bond motifs is 1. The van der Waals surface area contributed by atoms with Crippen LogP contribution in [-0.2, 0) is 11.2 Å². The highest BCUT2D eigenvalue weighted by Crippen LogP contribution is 2.35. The molecule has 5 heteroatoms. The van der Waals surface area contributed by atoms with E-state index in [4.69, 9.17) is 0 Å². The van der Waals surface area contributed by atoms with Crippen molar-refractivity contribution < 1.29 is 9.59 Å². The highest BCUT2D eigenvalue weighted by molar-refractivity contribution is 6.07. The molecule has 0 bridgehead atoms. The summed E-state index contributed by atoms with van der Waals surface area (Å²) >= 11 is 0. The van der Waals surface area contributed by atoms with Gasteiger partial charge in [-0.3, -0.25) is 14.7 Å². The Balaban J connectivity index is 1.97. The SMILES string of the molecule is CCc1ccc(C(=O)C2CC(=O)Nc3n[nH]c(C)c32)cc1. The van der Waals surface area contributed by atoms with Crippen molar-refractivity contribution in [3.8, 4) is 0 Å². The maximum Gasteiger partial charge on any atom is 0.226 e. The minimum atomic E-state index is -0.458. The second-order valence-electron chi connectivity index (χ2n) is 5.33. The summed E-state index contributed by atoms with van der Waals surface area (Å²) < 4.78 is 0. The van der Waals surface area contributed by atoms with E-state index in [-0.39, 0.29) is 18.1 Å². The number of aromatic nitrogens is 2. The van der Waals surface area contributed by atoms with Gasteiger partial charge in [-0.15, -0.1) is 0 Å². The molecule has 1 atom stereocenters. The molecule has 1 unspecified atom stereocenters. The minimum Gasteiger partial charge on any atom is -0.309 e. The first kappa shape index (κ1) is 13.5. The van der Waals surface area contributed by atoms with Crippen LogP contribution in [0.2, 0.25) is 0 Å². The van der Waals surface area contributed by atoms with Crippen LogP contribution >= 0.6 is 0 Å². The van der Waals surface area contributed by atoms with Gasteiger partial charge < -0.3 is 5.32 Å². The van der Waals surface area contributed by atoms with E-state index >= 15 is 0 Å². The third-order valence-electron chi connectivity index (χ3n) is 3.95.